The number of rotatable bonds is 2. The fourth-order valence-electron chi connectivity index (χ4n) is 4.84. The van der Waals surface area contributed by atoms with Gasteiger partial charge in [0.1, 0.15) is 5.75 Å². The number of aliphatic hydroxyl groups excluding tert-OH is 1. The number of Topliss-reactive ketones (excluding diaryl/α,β-unsaturated/α-hetero) is 1. The van der Waals surface area contributed by atoms with E-state index in [1.54, 1.807) is 7.11 Å². The lowest BCUT2D eigenvalue weighted by Gasteiger charge is -2.49. The maximum Gasteiger partial charge on any atom is 0.227 e. The van der Waals surface area contributed by atoms with Crippen LogP contribution in [0.2, 0.25) is 0 Å². The zero-order valence-corrected chi connectivity index (χ0v) is 15.6. The van der Waals surface area contributed by atoms with Crippen molar-refractivity contribution in [2.45, 2.75) is 65.2 Å². The van der Waals surface area contributed by atoms with Crippen LogP contribution in [0.25, 0.3) is 0 Å². The van der Waals surface area contributed by atoms with Crippen molar-refractivity contribution in [3.8, 4) is 5.75 Å². The third-order valence-electron chi connectivity index (χ3n) is 5.99. The maximum absolute atomic E-state index is 12.9. The number of ketones is 1. The molecule has 0 bridgehead atoms. The molecule has 1 unspecified atom stereocenters. The van der Waals surface area contributed by atoms with E-state index in [4.69, 9.17) is 4.74 Å². The van der Waals surface area contributed by atoms with E-state index in [2.05, 4.69) is 40.7 Å². The smallest absolute Gasteiger partial charge is 0.227 e. The second-order valence-corrected chi connectivity index (χ2v) is 8.42. The summed E-state index contributed by atoms with van der Waals surface area (Å²) < 4.78 is 5.52. The summed E-state index contributed by atoms with van der Waals surface area (Å²) in [6.45, 7) is 10.7. The van der Waals surface area contributed by atoms with Crippen LogP contribution in [0.1, 0.15) is 81.3 Å². The molecular formula is C21H28O3. The van der Waals surface area contributed by atoms with Crippen LogP contribution >= 0.6 is 0 Å². The Labute approximate surface area is 144 Å². The number of aliphatic hydroxyl groups is 1. The van der Waals surface area contributed by atoms with Crippen molar-refractivity contribution in [2.75, 3.05) is 7.11 Å². The van der Waals surface area contributed by atoms with Crippen molar-refractivity contribution in [3.63, 3.8) is 0 Å². The molecule has 130 valence electrons. The number of allylic oxidation sites excluding steroid dienone is 2. The van der Waals surface area contributed by atoms with Gasteiger partial charge in [0, 0.05) is 11.0 Å². The van der Waals surface area contributed by atoms with Gasteiger partial charge in [0.15, 0.2) is 5.76 Å². The van der Waals surface area contributed by atoms with Gasteiger partial charge >= 0.3 is 0 Å². The summed E-state index contributed by atoms with van der Waals surface area (Å²) in [5.74, 6) is 0.727. The Hall–Kier alpha value is -1.77. The van der Waals surface area contributed by atoms with Crippen LogP contribution in [0.3, 0.4) is 0 Å². The van der Waals surface area contributed by atoms with Crippen molar-refractivity contribution < 1.29 is 14.6 Å². The molecule has 3 rings (SSSR count). The number of methoxy groups -OCH3 is 1. The Balaban J connectivity index is 2.33. The minimum Gasteiger partial charge on any atom is -0.504 e. The maximum atomic E-state index is 12.9. The highest BCUT2D eigenvalue weighted by Gasteiger charge is 2.50. The zero-order valence-electron chi connectivity index (χ0n) is 15.6. The molecule has 3 nitrogen and oxygen atoms in total. The van der Waals surface area contributed by atoms with Crippen molar-refractivity contribution in [1.82, 2.24) is 0 Å². The topological polar surface area (TPSA) is 46.5 Å². The summed E-state index contributed by atoms with van der Waals surface area (Å²) >= 11 is 0. The van der Waals surface area contributed by atoms with Crippen LogP contribution in [0.15, 0.2) is 23.5 Å². The van der Waals surface area contributed by atoms with E-state index in [-0.39, 0.29) is 22.4 Å². The van der Waals surface area contributed by atoms with Crippen molar-refractivity contribution in [1.29, 1.82) is 0 Å². The van der Waals surface area contributed by atoms with Crippen LogP contribution in [0.4, 0.5) is 0 Å². The van der Waals surface area contributed by atoms with Gasteiger partial charge in [0.05, 0.1) is 7.11 Å². The SMILES string of the molecule is COc1cc2c(cc1C(C)C)C1(C)CCCC(C)(C)C1=C(O)C2=O. The number of benzene rings is 1. The number of carbonyl (C=O) groups excluding carboxylic acids is 1. The highest BCUT2D eigenvalue weighted by Crippen LogP contribution is 2.56. The van der Waals surface area contributed by atoms with Gasteiger partial charge in [-0.2, -0.15) is 0 Å². The first-order chi connectivity index (χ1) is 11.1. The summed E-state index contributed by atoms with van der Waals surface area (Å²) in [6, 6.07) is 3.97. The van der Waals surface area contributed by atoms with Crippen LogP contribution in [0.5, 0.6) is 5.75 Å². The molecule has 2 aliphatic carbocycles. The fraction of sp³-hybridized carbons (Fsp3) is 0.571. The molecule has 0 saturated heterocycles. The lowest BCUT2D eigenvalue weighted by atomic mass is 9.54. The van der Waals surface area contributed by atoms with Gasteiger partial charge < -0.3 is 9.84 Å². The van der Waals surface area contributed by atoms with E-state index in [0.29, 0.717) is 11.5 Å². The van der Waals surface area contributed by atoms with Gasteiger partial charge in [-0.25, -0.2) is 0 Å². The van der Waals surface area contributed by atoms with Crippen molar-refractivity contribution in [2.24, 2.45) is 5.41 Å². The van der Waals surface area contributed by atoms with E-state index < -0.39 is 0 Å². The third-order valence-corrected chi connectivity index (χ3v) is 5.99. The largest absolute Gasteiger partial charge is 0.504 e. The fourth-order valence-corrected chi connectivity index (χ4v) is 4.84. The van der Waals surface area contributed by atoms with E-state index in [9.17, 15) is 9.90 Å². The van der Waals surface area contributed by atoms with E-state index in [0.717, 1.165) is 41.7 Å². The second-order valence-electron chi connectivity index (χ2n) is 8.42. The predicted molar refractivity (Wildman–Crippen MR) is 96.1 cm³/mol. The highest BCUT2D eigenvalue weighted by molar-refractivity contribution is 6.11. The first kappa shape index (κ1) is 17.1. The average Bonchev–Trinajstić information content (AvgIpc) is 2.50. The first-order valence-electron chi connectivity index (χ1n) is 8.85. The summed E-state index contributed by atoms with van der Waals surface area (Å²) in [7, 11) is 1.63. The summed E-state index contributed by atoms with van der Waals surface area (Å²) in [5.41, 5.74) is 3.23. The first-order valence-corrected chi connectivity index (χ1v) is 8.85. The van der Waals surface area contributed by atoms with Gasteiger partial charge in [-0.05, 0) is 46.9 Å². The molecule has 1 aromatic rings. The standard InChI is InChI=1S/C21H28O3/c1-12(2)13-10-15-14(11-16(13)24-6)17(22)18(23)19-20(3,4)8-7-9-21(15,19)5/h10-12,23H,7-9H2,1-6H3. The summed E-state index contributed by atoms with van der Waals surface area (Å²) in [4.78, 5) is 12.9. The normalized spacial score (nSPS) is 25.5. The molecule has 0 aliphatic heterocycles. The molecule has 1 saturated carbocycles. The van der Waals surface area contributed by atoms with Crippen molar-refractivity contribution >= 4 is 5.78 Å². The average molecular weight is 328 g/mol. The van der Waals surface area contributed by atoms with Gasteiger partial charge in [-0.1, -0.05) is 47.1 Å². The highest BCUT2D eigenvalue weighted by atomic mass is 16.5. The van der Waals surface area contributed by atoms with Crippen LogP contribution in [-0.4, -0.2) is 18.0 Å². The summed E-state index contributed by atoms with van der Waals surface area (Å²) in [5, 5.41) is 10.8. The molecule has 1 aromatic carbocycles. The molecule has 1 atom stereocenters. The minimum absolute atomic E-state index is 0.0472. The van der Waals surface area contributed by atoms with Gasteiger partial charge in [0.2, 0.25) is 5.78 Å². The second kappa shape index (κ2) is 5.37. The number of fused-ring (bicyclic) bond motifs is 3. The van der Waals surface area contributed by atoms with Crippen LogP contribution in [-0.2, 0) is 5.41 Å². The lowest BCUT2D eigenvalue weighted by Crippen LogP contribution is -2.43. The quantitative estimate of drug-likeness (QED) is 0.802. The Kier molecular flexibility index (Phi) is 3.82. The molecular weight excluding hydrogens is 300 g/mol. The van der Waals surface area contributed by atoms with E-state index in [1.807, 2.05) is 6.07 Å². The minimum atomic E-state index is -0.287. The van der Waals surface area contributed by atoms with Gasteiger partial charge in [-0.3, -0.25) is 4.79 Å². The molecule has 1 N–H and O–H groups in total. The van der Waals surface area contributed by atoms with E-state index >= 15 is 0 Å². The molecule has 2 aliphatic rings. The number of ether oxygens (including phenoxy) is 1. The monoisotopic (exact) mass is 328 g/mol. The molecule has 0 spiro atoms. The van der Waals surface area contributed by atoms with Crippen molar-refractivity contribution in [3.05, 3.63) is 40.2 Å². The molecule has 0 radical (unpaired) electrons. The van der Waals surface area contributed by atoms with Gasteiger partial charge in [-0.15, -0.1) is 0 Å². The number of hydrogen-bond acceptors (Lipinski definition) is 3. The number of hydrogen-bond donors (Lipinski definition) is 1. The van der Waals surface area contributed by atoms with Crippen LogP contribution < -0.4 is 4.74 Å². The molecule has 1 fully saturated rings. The Morgan fingerprint density at radius 1 is 1.17 bits per heavy atom. The van der Waals surface area contributed by atoms with Crippen LogP contribution in [0, 0.1) is 5.41 Å². The lowest BCUT2D eigenvalue weighted by molar-refractivity contribution is 0.0940. The predicted octanol–water partition coefficient (Wildman–Crippen LogP) is 5.29. The molecule has 3 heteroatoms. The van der Waals surface area contributed by atoms with E-state index in [1.165, 1.54) is 0 Å². The van der Waals surface area contributed by atoms with Gasteiger partial charge in [0.25, 0.3) is 0 Å². The molecule has 0 amide bonds. The molecule has 0 aromatic heterocycles. The molecule has 0 heterocycles. The summed E-state index contributed by atoms with van der Waals surface area (Å²) in [6.07, 6.45) is 3.05. The zero-order chi connectivity index (χ0) is 17.9. The third kappa shape index (κ3) is 2.21. The number of carbonyl (C=O) groups is 1. The Bertz CT molecular complexity index is 740. The molecule has 24 heavy (non-hydrogen) atoms. The Morgan fingerprint density at radius 3 is 2.42 bits per heavy atom. The Morgan fingerprint density at radius 2 is 1.83 bits per heavy atom.